The number of nitrogens with zero attached hydrogens (tertiary/aromatic N) is 1. The summed E-state index contributed by atoms with van der Waals surface area (Å²) in [5.41, 5.74) is 3.75. The predicted octanol–water partition coefficient (Wildman–Crippen LogP) is 3.16. The van der Waals surface area contributed by atoms with Crippen LogP contribution in [0.15, 0.2) is 47.4 Å². The number of fused-ring (bicyclic) bond motifs is 1. The second kappa shape index (κ2) is 9.00. The Morgan fingerprint density at radius 3 is 2.50 bits per heavy atom. The van der Waals surface area contributed by atoms with Crippen molar-refractivity contribution in [2.24, 2.45) is 0 Å². The Morgan fingerprint density at radius 2 is 1.83 bits per heavy atom. The molecule has 6 nitrogen and oxygen atoms in total. The van der Waals surface area contributed by atoms with E-state index in [1.165, 1.54) is 6.07 Å². The van der Waals surface area contributed by atoms with Gasteiger partial charge in [-0.2, -0.15) is 0 Å². The first-order valence-corrected chi connectivity index (χ1v) is 11.9. The minimum absolute atomic E-state index is 0.0120. The molecule has 3 rings (SSSR count). The number of anilines is 1. The third-order valence-corrected chi connectivity index (χ3v) is 7.12. The molecule has 7 heteroatoms. The average molecular weight is 429 g/mol. The van der Waals surface area contributed by atoms with Gasteiger partial charge in [-0.3, -0.25) is 9.59 Å². The topological polar surface area (TPSA) is 83.6 Å². The highest BCUT2D eigenvalue weighted by Gasteiger charge is 2.31. The van der Waals surface area contributed by atoms with Crippen molar-refractivity contribution in [1.82, 2.24) is 5.32 Å². The van der Waals surface area contributed by atoms with Crippen LogP contribution < -0.4 is 10.2 Å². The Hall–Kier alpha value is -2.67. The largest absolute Gasteiger partial charge is 0.352 e. The van der Waals surface area contributed by atoms with E-state index >= 15 is 0 Å². The SMILES string of the molecule is CCC(=O)N1c2ccc(S(=O)(=O)CCC(=O)NCc3ccc(C)cc3)cc2C[C@@H]1C. The van der Waals surface area contributed by atoms with Gasteiger partial charge in [0, 0.05) is 31.1 Å². The van der Waals surface area contributed by atoms with Crippen LogP contribution in [0.25, 0.3) is 0 Å². The number of benzene rings is 2. The van der Waals surface area contributed by atoms with E-state index < -0.39 is 9.84 Å². The lowest BCUT2D eigenvalue weighted by Gasteiger charge is -2.22. The van der Waals surface area contributed by atoms with Crippen molar-refractivity contribution in [3.63, 3.8) is 0 Å². The van der Waals surface area contributed by atoms with E-state index in [2.05, 4.69) is 5.32 Å². The molecule has 0 aliphatic carbocycles. The van der Waals surface area contributed by atoms with Gasteiger partial charge >= 0.3 is 0 Å². The number of hydrogen-bond acceptors (Lipinski definition) is 4. The zero-order valence-corrected chi connectivity index (χ0v) is 18.5. The summed E-state index contributed by atoms with van der Waals surface area (Å²) in [6, 6.07) is 12.7. The van der Waals surface area contributed by atoms with Crippen molar-refractivity contribution < 1.29 is 18.0 Å². The zero-order valence-electron chi connectivity index (χ0n) is 17.6. The molecule has 0 spiro atoms. The predicted molar refractivity (Wildman–Crippen MR) is 117 cm³/mol. The van der Waals surface area contributed by atoms with E-state index in [-0.39, 0.29) is 34.9 Å². The van der Waals surface area contributed by atoms with Crippen molar-refractivity contribution in [3.8, 4) is 0 Å². The number of carbonyl (C=O) groups excluding carboxylic acids is 2. The number of sulfone groups is 1. The molecule has 1 N–H and O–H groups in total. The summed E-state index contributed by atoms with van der Waals surface area (Å²) in [7, 11) is -3.59. The average Bonchev–Trinajstić information content (AvgIpc) is 3.06. The van der Waals surface area contributed by atoms with Gasteiger partial charge in [0.05, 0.1) is 10.6 Å². The van der Waals surface area contributed by atoms with Crippen LogP contribution in [0.3, 0.4) is 0 Å². The Morgan fingerprint density at radius 1 is 1.13 bits per heavy atom. The molecule has 0 saturated carbocycles. The second-order valence-electron chi connectivity index (χ2n) is 7.79. The summed E-state index contributed by atoms with van der Waals surface area (Å²) in [5.74, 6) is -0.519. The molecule has 2 aromatic carbocycles. The number of hydrogen-bond donors (Lipinski definition) is 1. The lowest BCUT2D eigenvalue weighted by molar-refractivity contribution is -0.121. The molecule has 0 fully saturated rings. The highest BCUT2D eigenvalue weighted by molar-refractivity contribution is 7.91. The minimum Gasteiger partial charge on any atom is -0.352 e. The monoisotopic (exact) mass is 428 g/mol. The van der Waals surface area contributed by atoms with Gasteiger partial charge in [0.15, 0.2) is 9.84 Å². The fourth-order valence-electron chi connectivity index (χ4n) is 3.69. The van der Waals surface area contributed by atoms with Gasteiger partial charge < -0.3 is 10.2 Å². The Bertz CT molecular complexity index is 1050. The highest BCUT2D eigenvalue weighted by Crippen LogP contribution is 2.34. The number of nitrogens with one attached hydrogen (secondary N) is 1. The third kappa shape index (κ3) is 4.90. The van der Waals surface area contributed by atoms with Crippen LogP contribution in [0, 0.1) is 6.92 Å². The first-order valence-electron chi connectivity index (χ1n) is 10.2. The minimum atomic E-state index is -3.59. The molecule has 30 heavy (non-hydrogen) atoms. The summed E-state index contributed by atoms with van der Waals surface area (Å²) in [6.45, 7) is 6.14. The zero-order chi connectivity index (χ0) is 21.9. The van der Waals surface area contributed by atoms with Crippen LogP contribution in [0.1, 0.15) is 43.4 Å². The smallest absolute Gasteiger partial charge is 0.226 e. The van der Waals surface area contributed by atoms with Crippen LogP contribution in [0.4, 0.5) is 5.69 Å². The first kappa shape index (κ1) is 22.0. The number of rotatable bonds is 7. The molecule has 1 atom stereocenters. The Kier molecular flexibility index (Phi) is 6.61. The maximum Gasteiger partial charge on any atom is 0.226 e. The molecular formula is C23H28N2O4S. The molecule has 2 amide bonds. The molecule has 0 saturated heterocycles. The molecule has 0 unspecified atom stereocenters. The summed E-state index contributed by atoms with van der Waals surface area (Å²) in [6.07, 6.45) is 0.936. The third-order valence-electron chi connectivity index (χ3n) is 5.40. The van der Waals surface area contributed by atoms with Gasteiger partial charge in [-0.15, -0.1) is 0 Å². The highest BCUT2D eigenvalue weighted by atomic mass is 32.2. The van der Waals surface area contributed by atoms with Crippen molar-refractivity contribution in [1.29, 1.82) is 0 Å². The van der Waals surface area contributed by atoms with Gasteiger partial charge in [0.2, 0.25) is 11.8 Å². The summed E-state index contributed by atoms with van der Waals surface area (Å²) < 4.78 is 25.5. The fraction of sp³-hybridized carbons (Fsp3) is 0.391. The lowest BCUT2D eigenvalue weighted by Crippen LogP contribution is -2.35. The van der Waals surface area contributed by atoms with Crippen molar-refractivity contribution in [2.45, 2.75) is 57.5 Å². The number of aryl methyl sites for hydroxylation is 1. The Labute approximate surface area is 178 Å². The molecule has 0 aromatic heterocycles. The number of amides is 2. The van der Waals surface area contributed by atoms with E-state index in [0.29, 0.717) is 19.4 Å². The molecule has 1 aliphatic rings. The van der Waals surface area contributed by atoms with E-state index in [1.54, 1.807) is 17.0 Å². The maximum absolute atomic E-state index is 12.7. The molecule has 160 valence electrons. The van der Waals surface area contributed by atoms with E-state index in [4.69, 9.17) is 0 Å². The van der Waals surface area contributed by atoms with Gasteiger partial charge in [-0.05, 0) is 49.6 Å². The van der Waals surface area contributed by atoms with E-state index in [9.17, 15) is 18.0 Å². The molecule has 1 heterocycles. The van der Waals surface area contributed by atoms with Crippen LogP contribution >= 0.6 is 0 Å². The van der Waals surface area contributed by atoms with Crippen molar-refractivity contribution >= 4 is 27.3 Å². The normalized spacial score (nSPS) is 15.7. The van der Waals surface area contributed by atoms with Gasteiger partial charge in [-0.25, -0.2) is 8.42 Å². The molecule has 0 bridgehead atoms. The first-order chi connectivity index (χ1) is 14.2. The Balaban J connectivity index is 1.62. The maximum atomic E-state index is 12.7. The summed E-state index contributed by atoms with van der Waals surface area (Å²) >= 11 is 0. The van der Waals surface area contributed by atoms with Crippen LogP contribution in [0.5, 0.6) is 0 Å². The van der Waals surface area contributed by atoms with Crippen LogP contribution in [0.2, 0.25) is 0 Å². The lowest BCUT2D eigenvalue weighted by atomic mass is 10.1. The van der Waals surface area contributed by atoms with E-state index in [1.807, 2.05) is 45.0 Å². The van der Waals surface area contributed by atoms with Crippen LogP contribution in [-0.2, 0) is 32.4 Å². The van der Waals surface area contributed by atoms with Gasteiger partial charge in [0.1, 0.15) is 0 Å². The molecular weight excluding hydrogens is 400 g/mol. The quantitative estimate of drug-likeness (QED) is 0.734. The molecule has 2 aromatic rings. The number of carbonyl (C=O) groups is 2. The molecule has 0 radical (unpaired) electrons. The van der Waals surface area contributed by atoms with Crippen LogP contribution in [-0.4, -0.2) is 32.0 Å². The van der Waals surface area contributed by atoms with E-state index in [0.717, 1.165) is 22.4 Å². The standard InChI is InChI=1S/C23H28N2O4S/c1-4-23(27)25-17(3)13-19-14-20(9-10-21(19)25)30(28,29)12-11-22(26)24-15-18-7-5-16(2)6-8-18/h5-10,14,17H,4,11-13,15H2,1-3H3,(H,24,26)/t17-/m0/s1. The summed E-state index contributed by atoms with van der Waals surface area (Å²) in [5, 5.41) is 2.77. The molecule has 1 aliphatic heterocycles. The fourth-order valence-corrected chi connectivity index (χ4v) is 4.98. The van der Waals surface area contributed by atoms with Gasteiger partial charge in [0.25, 0.3) is 0 Å². The van der Waals surface area contributed by atoms with Gasteiger partial charge in [-0.1, -0.05) is 36.8 Å². The van der Waals surface area contributed by atoms with Crippen molar-refractivity contribution in [2.75, 3.05) is 10.7 Å². The summed E-state index contributed by atoms with van der Waals surface area (Å²) in [4.78, 5) is 26.3. The van der Waals surface area contributed by atoms with Crippen molar-refractivity contribution in [3.05, 3.63) is 59.2 Å². The second-order valence-corrected chi connectivity index (χ2v) is 9.90.